The lowest BCUT2D eigenvalue weighted by Crippen LogP contribution is -2.44. The minimum absolute atomic E-state index is 0.0644. The molecule has 2 heterocycles. The summed E-state index contributed by atoms with van der Waals surface area (Å²) in [6.07, 6.45) is 1.07. The van der Waals surface area contributed by atoms with Crippen LogP contribution in [-0.4, -0.2) is 31.7 Å². The lowest BCUT2D eigenvalue weighted by Gasteiger charge is -2.18. The summed E-state index contributed by atoms with van der Waals surface area (Å²) in [5.41, 5.74) is 2.45. The summed E-state index contributed by atoms with van der Waals surface area (Å²) in [5.74, 6) is 0.0298. The van der Waals surface area contributed by atoms with Crippen LogP contribution in [0.25, 0.3) is 0 Å². The van der Waals surface area contributed by atoms with E-state index in [2.05, 4.69) is 35.2 Å². The molecule has 0 aromatic carbocycles. The third kappa shape index (κ3) is 3.78. The molecule has 1 amide bonds. The number of carbonyl (C=O) groups excluding carboxylic acids is 1. The minimum atomic E-state index is -0.0644. The van der Waals surface area contributed by atoms with Gasteiger partial charge in [0, 0.05) is 12.6 Å². The SMILES string of the molecule is CCCNC1COCC1C(=O)NCc1cscc1C. The fraction of sp³-hybridized carbons (Fsp3) is 0.643. The summed E-state index contributed by atoms with van der Waals surface area (Å²) in [5, 5.41) is 10.6. The number of nitrogens with one attached hydrogen (secondary N) is 2. The molecule has 1 aromatic heterocycles. The zero-order valence-corrected chi connectivity index (χ0v) is 12.4. The van der Waals surface area contributed by atoms with Crippen LogP contribution in [0.5, 0.6) is 0 Å². The maximum Gasteiger partial charge on any atom is 0.227 e. The van der Waals surface area contributed by atoms with E-state index >= 15 is 0 Å². The molecule has 1 saturated heterocycles. The molecule has 4 nitrogen and oxygen atoms in total. The Labute approximate surface area is 118 Å². The average Bonchev–Trinajstić information content (AvgIpc) is 3.02. The van der Waals surface area contributed by atoms with E-state index in [4.69, 9.17) is 4.74 Å². The molecule has 0 saturated carbocycles. The van der Waals surface area contributed by atoms with Crippen molar-refractivity contribution in [2.45, 2.75) is 32.9 Å². The highest BCUT2D eigenvalue weighted by atomic mass is 32.1. The maximum atomic E-state index is 12.2. The summed E-state index contributed by atoms with van der Waals surface area (Å²) in [7, 11) is 0. The molecule has 1 aliphatic rings. The first-order valence-electron chi connectivity index (χ1n) is 6.83. The Morgan fingerprint density at radius 3 is 3.00 bits per heavy atom. The molecule has 0 radical (unpaired) electrons. The second-order valence-electron chi connectivity index (χ2n) is 5.00. The Balaban J connectivity index is 1.83. The van der Waals surface area contributed by atoms with E-state index in [1.54, 1.807) is 11.3 Å². The van der Waals surface area contributed by atoms with Crippen molar-refractivity contribution < 1.29 is 9.53 Å². The van der Waals surface area contributed by atoms with E-state index in [1.165, 1.54) is 11.1 Å². The fourth-order valence-corrected chi connectivity index (χ4v) is 3.08. The quantitative estimate of drug-likeness (QED) is 0.835. The lowest BCUT2D eigenvalue weighted by molar-refractivity contribution is -0.125. The largest absolute Gasteiger partial charge is 0.379 e. The zero-order valence-electron chi connectivity index (χ0n) is 11.6. The molecule has 1 aliphatic heterocycles. The van der Waals surface area contributed by atoms with E-state index in [9.17, 15) is 4.79 Å². The Morgan fingerprint density at radius 1 is 1.47 bits per heavy atom. The molecule has 1 aromatic rings. The average molecular weight is 282 g/mol. The van der Waals surface area contributed by atoms with Gasteiger partial charge in [0.25, 0.3) is 0 Å². The van der Waals surface area contributed by atoms with Crippen LogP contribution in [0.3, 0.4) is 0 Å². The van der Waals surface area contributed by atoms with Gasteiger partial charge in [0.1, 0.15) is 0 Å². The molecule has 2 rings (SSSR count). The van der Waals surface area contributed by atoms with Gasteiger partial charge in [-0.05, 0) is 41.8 Å². The normalized spacial score (nSPS) is 22.6. The third-order valence-corrected chi connectivity index (χ3v) is 4.40. The van der Waals surface area contributed by atoms with E-state index in [0.29, 0.717) is 19.8 Å². The highest BCUT2D eigenvalue weighted by Gasteiger charge is 2.33. The smallest absolute Gasteiger partial charge is 0.227 e. The fourth-order valence-electron chi connectivity index (χ4n) is 2.22. The van der Waals surface area contributed by atoms with E-state index in [1.807, 2.05) is 0 Å². The lowest BCUT2D eigenvalue weighted by atomic mass is 10.0. The van der Waals surface area contributed by atoms with Crippen molar-refractivity contribution >= 4 is 17.2 Å². The number of hydrogen-bond donors (Lipinski definition) is 2. The summed E-state index contributed by atoms with van der Waals surface area (Å²) >= 11 is 1.67. The first-order valence-corrected chi connectivity index (χ1v) is 7.77. The first-order chi connectivity index (χ1) is 9.22. The molecule has 2 N–H and O–H groups in total. The molecule has 0 spiro atoms. The van der Waals surface area contributed by atoms with Gasteiger partial charge in [-0.2, -0.15) is 11.3 Å². The van der Waals surface area contributed by atoms with Gasteiger partial charge in [-0.25, -0.2) is 0 Å². The van der Waals surface area contributed by atoms with Crippen LogP contribution in [0.2, 0.25) is 0 Å². The summed E-state index contributed by atoms with van der Waals surface area (Å²) < 4.78 is 5.43. The molecule has 2 atom stereocenters. The van der Waals surface area contributed by atoms with Crippen LogP contribution in [0.15, 0.2) is 10.8 Å². The number of aryl methyl sites for hydroxylation is 1. The van der Waals surface area contributed by atoms with Crippen LogP contribution in [0, 0.1) is 12.8 Å². The summed E-state index contributed by atoms with van der Waals surface area (Å²) in [6, 6.07) is 0.156. The molecule has 5 heteroatoms. The van der Waals surface area contributed by atoms with Crippen molar-refractivity contribution in [2.24, 2.45) is 5.92 Å². The molecular formula is C14H22N2O2S. The van der Waals surface area contributed by atoms with E-state index < -0.39 is 0 Å². The number of amides is 1. The van der Waals surface area contributed by atoms with Crippen LogP contribution < -0.4 is 10.6 Å². The van der Waals surface area contributed by atoms with Crippen molar-refractivity contribution in [1.82, 2.24) is 10.6 Å². The number of thiophene rings is 1. The van der Waals surface area contributed by atoms with Gasteiger partial charge in [0.2, 0.25) is 5.91 Å². The predicted octanol–water partition coefficient (Wildman–Crippen LogP) is 1.69. The Bertz CT molecular complexity index is 419. The number of carbonyl (C=O) groups is 1. The van der Waals surface area contributed by atoms with Crippen LogP contribution in [0.4, 0.5) is 0 Å². The van der Waals surface area contributed by atoms with Gasteiger partial charge in [-0.15, -0.1) is 0 Å². The molecule has 19 heavy (non-hydrogen) atoms. The van der Waals surface area contributed by atoms with E-state index in [-0.39, 0.29) is 17.9 Å². The highest BCUT2D eigenvalue weighted by Crippen LogP contribution is 2.16. The van der Waals surface area contributed by atoms with Crippen molar-refractivity contribution in [2.75, 3.05) is 19.8 Å². The van der Waals surface area contributed by atoms with Gasteiger partial charge in [0.05, 0.1) is 19.1 Å². The predicted molar refractivity (Wildman–Crippen MR) is 77.3 cm³/mol. The second-order valence-corrected chi connectivity index (χ2v) is 5.75. The number of rotatable bonds is 6. The summed E-state index contributed by atoms with van der Waals surface area (Å²) in [4.78, 5) is 12.2. The monoisotopic (exact) mass is 282 g/mol. The van der Waals surface area contributed by atoms with Crippen LogP contribution >= 0.6 is 11.3 Å². The minimum Gasteiger partial charge on any atom is -0.379 e. The topological polar surface area (TPSA) is 50.4 Å². The number of hydrogen-bond acceptors (Lipinski definition) is 4. The summed E-state index contributed by atoms with van der Waals surface area (Å²) in [6.45, 7) is 6.90. The van der Waals surface area contributed by atoms with Crippen LogP contribution in [0.1, 0.15) is 24.5 Å². The molecule has 106 valence electrons. The molecule has 0 aliphatic carbocycles. The third-order valence-electron chi connectivity index (χ3n) is 3.49. The van der Waals surface area contributed by atoms with E-state index in [0.717, 1.165) is 13.0 Å². The van der Waals surface area contributed by atoms with Gasteiger partial charge >= 0.3 is 0 Å². The van der Waals surface area contributed by atoms with Gasteiger partial charge in [-0.1, -0.05) is 6.92 Å². The Hall–Kier alpha value is -0.910. The zero-order chi connectivity index (χ0) is 13.7. The van der Waals surface area contributed by atoms with Crippen molar-refractivity contribution in [3.8, 4) is 0 Å². The second kappa shape index (κ2) is 7.03. The van der Waals surface area contributed by atoms with Gasteiger partial charge < -0.3 is 15.4 Å². The van der Waals surface area contributed by atoms with Crippen molar-refractivity contribution in [1.29, 1.82) is 0 Å². The van der Waals surface area contributed by atoms with Crippen LogP contribution in [-0.2, 0) is 16.1 Å². The molecule has 2 unspecified atom stereocenters. The Kier molecular flexibility index (Phi) is 5.36. The maximum absolute atomic E-state index is 12.2. The van der Waals surface area contributed by atoms with Crippen molar-refractivity contribution in [3.05, 3.63) is 21.9 Å². The first kappa shape index (κ1) is 14.5. The van der Waals surface area contributed by atoms with Gasteiger partial charge in [0.15, 0.2) is 0 Å². The standard InChI is InChI=1S/C14H22N2O2S/c1-3-4-15-13-7-18-6-12(13)14(17)16-5-11-9-19-8-10(11)2/h8-9,12-13,15H,3-7H2,1-2H3,(H,16,17). The Morgan fingerprint density at radius 2 is 2.32 bits per heavy atom. The van der Waals surface area contributed by atoms with Crippen molar-refractivity contribution in [3.63, 3.8) is 0 Å². The highest BCUT2D eigenvalue weighted by molar-refractivity contribution is 7.08. The molecule has 1 fully saturated rings. The number of ether oxygens (including phenoxy) is 1. The molecule has 0 bridgehead atoms. The molecular weight excluding hydrogens is 260 g/mol. The van der Waals surface area contributed by atoms with Gasteiger partial charge in [-0.3, -0.25) is 4.79 Å².